The minimum absolute atomic E-state index is 0.204. The molecule has 1 heterocycles. The average Bonchev–Trinajstić information content (AvgIpc) is 2.28. The fraction of sp³-hybridized carbons (Fsp3) is 0.714. The van der Waals surface area contributed by atoms with Crippen molar-refractivity contribution in [3.63, 3.8) is 0 Å². The summed E-state index contributed by atoms with van der Waals surface area (Å²) in [7, 11) is 0. The van der Waals surface area contributed by atoms with Crippen LogP contribution in [0.1, 0.15) is 46.1 Å². The first kappa shape index (κ1) is 13.1. The lowest BCUT2D eigenvalue weighted by atomic mass is 9.74. The quantitative estimate of drug-likeness (QED) is 0.875. The Balaban J connectivity index is 2.41. The van der Waals surface area contributed by atoms with Crippen LogP contribution in [0.25, 0.3) is 0 Å². The summed E-state index contributed by atoms with van der Waals surface area (Å²) in [4.78, 5) is 15.8. The lowest BCUT2D eigenvalue weighted by molar-refractivity contribution is 0.147. The first-order chi connectivity index (χ1) is 8.50. The van der Waals surface area contributed by atoms with Crippen LogP contribution in [0.2, 0.25) is 0 Å². The van der Waals surface area contributed by atoms with Crippen molar-refractivity contribution >= 4 is 5.82 Å². The highest BCUT2D eigenvalue weighted by Gasteiger charge is 2.33. The molecule has 1 aliphatic carbocycles. The molecule has 3 atom stereocenters. The number of nitrogens with zero attached hydrogens (tertiary/aromatic N) is 2. The van der Waals surface area contributed by atoms with Crippen LogP contribution in [0, 0.1) is 17.8 Å². The van der Waals surface area contributed by atoms with Crippen molar-refractivity contribution < 1.29 is 0 Å². The van der Waals surface area contributed by atoms with Gasteiger partial charge in [0.1, 0.15) is 5.82 Å². The van der Waals surface area contributed by atoms with Gasteiger partial charge >= 0.3 is 5.69 Å². The second-order valence-corrected chi connectivity index (χ2v) is 5.92. The van der Waals surface area contributed by atoms with Gasteiger partial charge in [0.05, 0.1) is 0 Å². The fourth-order valence-corrected chi connectivity index (χ4v) is 3.21. The van der Waals surface area contributed by atoms with E-state index in [-0.39, 0.29) is 11.7 Å². The fourth-order valence-electron chi connectivity index (χ4n) is 3.21. The van der Waals surface area contributed by atoms with Gasteiger partial charge in [-0.05, 0) is 36.7 Å². The van der Waals surface area contributed by atoms with Gasteiger partial charge < -0.3 is 5.73 Å². The van der Waals surface area contributed by atoms with Gasteiger partial charge in [-0.25, -0.2) is 9.78 Å². The SMILES string of the molecule is CC1CCC(C(C)C)C(n2c(N)ccnc2=O)C1. The van der Waals surface area contributed by atoms with E-state index in [0.717, 1.165) is 6.42 Å². The third-order valence-corrected chi connectivity index (χ3v) is 4.23. The van der Waals surface area contributed by atoms with Gasteiger partial charge in [0.25, 0.3) is 0 Å². The topological polar surface area (TPSA) is 60.9 Å². The van der Waals surface area contributed by atoms with Crippen molar-refractivity contribution in [3.05, 3.63) is 22.7 Å². The van der Waals surface area contributed by atoms with Crippen molar-refractivity contribution in [2.75, 3.05) is 5.73 Å². The maximum Gasteiger partial charge on any atom is 0.349 e. The van der Waals surface area contributed by atoms with E-state index in [9.17, 15) is 4.79 Å². The van der Waals surface area contributed by atoms with Crippen LogP contribution in [0.3, 0.4) is 0 Å². The lowest BCUT2D eigenvalue weighted by Crippen LogP contribution is -2.37. The van der Waals surface area contributed by atoms with Crippen LogP contribution in [0.15, 0.2) is 17.1 Å². The van der Waals surface area contributed by atoms with E-state index in [0.29, 0.717) is 23.6 Å². The molecule has 2 rings (SSSR count). The highest BCUT2D eigenvalue weighted by atomic mass is 16.1. The number of rotatable bonds is 2. The van der Waals surface area contributed by atoms with E-state index in [1.807, 2.05) is 0 Å². The predicted octanol–water partition coefficient (Wildman–Crippen LogP) is 2.46. The maximum atomic E-state index is 12.0. The molecule has 1 aliphatic rings. The molecule has 0 saturated heterocycles. The van der Waals surface area contributed by atoms with Crippen molar-refractivity contribution in [2.24, 2.45) is 17.8 Å². The summed E-state index contributed by atoms with van der Waals surface area (Å²) in [6.07, 6.45) is 4.93. The van der Waals surface area contributed by atoms with Gasteiger partial charge in [-0.3, -0.25) is 4.57 Å². The van der Waals surface area contributed by atoms with E-state index in [2.05, 4.69) is 25.8 Å². The van der Waals surface area contributed by atoms with Gasteiger partial charge in [0.2, 0.25) is 0 Å². The van der Waals surface area contributed by atoms with E-state index in [4.69, 9.17) is 5.73 Å². The first-order valence-electron chi connectivity index (χ1n) is 6.83. The maximum absolute atomic E-state index is 12.0. The molecule has 3 unspecified atom stereocenters. The third-order valence-electron chi connectivity index (χ3n) is 4.23. The Labute approximate surface area is 108 Å². The summed E-state index contributed by atoms with van der Waals surface area (Å²) in [5.41, 5.74) is 5.77. The van der Waals surface area contributed by atoms with Crippen LogP contribution in [-0.4, -0.2) is 9.55 Å². The van der Waals surface area contributed by atoms with Gasteiger partial charge in [0.15, 0.2) is 0 Å². The Kier molecular flexibility index (Phi) is 3.73. The second kappa shape index (κ2) is 5.12. The molecular weight excluding hydrogens is 226 g/mol. The summed E-state index contributed by atoms with van der Waals surface area (Å²) in [5.74, 6) is 2.27. The molecule has 0 spiro atoms. The van der Waals surface area contributed by atoms with E-state index in [1.165, 1.54) is 19.0 Å². The predicted molar refractivity (Wildman–Crippen MR) is 73.3 cm³/mol. The van der Waals surface area contributed by atoms with Crippen molar-refractivity contribution in [3.8, 4) is 0 Å². The molecule has 100 valence electrons. The first-order valence-corrected chi connectivity index (χ1v) is 6.83. The Morgan fingerprint density at radius 3 is 2.78 bits per heavy atom. The van der Waals surface area contributed by atoms with Crippen molar-refractivity contribution in [2.45, 2.75) is 46.1 Å². The zero-order chi connectivity index (χ0) is 13.3. The summed E-state index contributed by atoms with van der Waals surface area (Å²) < 4.78 is 1.71. The molecule has 0 amide bonds. The van der Waals surface area contributed by atoms with Crippen LogP contribution >= 0.6 is 0 Å². The van der Waals surface area contributed by atoms with Crippen LogP contribution in [0.5, 0.6) is 0 Å². The molecule has 0 aromatic carbocycles. The number of hydrogen-bond donors (Lipinski definition) is 1. The van der Waals surface area contributed by atoms with E-state index >= 15 is 0 Å². The Morgan fingerprint density at radius 1 is 1.44 bits per heavy atom. The summed E-state index contributed by atoms with van der Waals surface area (Å²) >= 11 is 0. The van der Waals surface area contributed by atoms with Gasteiger partial charge in [-0.1, -0.05) is 27.2 Å². The van der Waals surface area contributed by atoms with E-state index < -0.39 is 0 Å². The molecule has 2 N–H and O–H groups in total. The highest BCUT2D eigenvalue weighted by molar-refractivity contribution is 5.27. The Bertz CT molecular complexity index is 466. The van der Waals surface area contributed by atoms with Crippen LogP contribution in [0.4, 0.5) is 5.82 Å². The number of nitrogens with two attached hydrogens (primary N) is 1. The second-order valence-electron chi connectivity index (χ2n) is 5.92. The zero-order valence-corrected chi connectivity index (χ0v) is 11.5. The Morgan fingerprint density at radius 2 is 2.17 bits per heavy atom. The van der Waals surface area contributed by atoms with Crippen LogP contribution in [-0.2, 0) is 0 Å². The average molecular weight is 249 g/mol. The van der Waals surface area contributed by atoms with Crippen molar-refractivity contribution in [1.82, 2.24) is 9.55 Å². The molecule has 1 fully saturated rings. The molecule has 0 radical (unpaired) electrons. The molecule has 0 bridgehead atoms. The molecular formula is C14H23N3O. The standard InChI is InChI=1S/C14H23N3O/c1-9(2)11-5-4-10(3)8-12(11)17-13(15)6-7-16-14(17)18/h6-7,9-12H,4-5,8,15H2,1-3H3. The highest BCUT2D eigenvalue weighted by Crippen LogP contribution is 2.40. The monoisotopic (exact) mass is 249 g/mol. The van der Waals surface area contributed by atoms with Gasteiger partial charge in [0, 0.05) is 12.2 Å². The third kappa shape index (κ3) is 2.42. The molecule has 1 aromatic rings. The molecule has 4 nitrogen and oxygen atoms in total. The number of anilines is 1. The smallest absolute Gasteiger partial charge is 0.349 e. The molecule has 1 aromatic heterocycles. The minimum atomic E-state index is -0.209. The molecule has 4 heteroatoms. The van der Waals surface area contributed by atoms with Gasteiger partial charge in [-0.2, -0.15) is 0 Å². The number of hydrogen-bond acceptors (Lipinski definition) is 3. The molecule has 1 saturated carbocycles. The largest absolute Gasteiger partial charge is 0.385 e. The van der Waals surface area contributed by atoms with Gasteiger partial charge in [-0.15, -0.1) is 0 Å². The normalized spacial score (nSPS) is 28.6. The minimum Gasteiger partial charge on any atom is -0.385 e. The zero-order valence-electron chi connectivity index (χ0n) is 11.5. The number of nitrogen functional groups attached to an aromatic ring is 1. The summed E-state index contributed by atoms with van der Waals surface area (Å²) in [6.45, 7) is 6.71. The molecule has 0 aliphatic heterocycles. The van der Waals surface area contributed by atoms with Crippen molar-refractivity contribution in [1.29, 1.82) is 0 Å². The van der Waals surface area contributed by atoms with E-state index in [1.54, 1.807) is 10.6 Å². The summed E-state index contributed by atoms with van der Waals surface area (Å²) in [5, 5.41) is 0. The Hall–Kier alpha value is -1.32. The molecule has 18 heavy (non-hydrogen) atoms. The lowest BCUT2D eigenvalue weighted by Gasteiger charge is -2.38. The van der Waals surface area contributed by atoms with Crippen LogP contribution < -0.4 is 11.4 Å². The number of aromatic nitrogens is 2. The summed E-state index contributed by atoms with van der Waals surface area (Å²) in [6, 6.07) is 1.92.